The predicted octanol–water partition coefficient (Wildman–Crippen LogP) is -0.868. The molecule has 4 rings (SSSR count). The highest BCUT2D eigenvalue weighted by molar-refractivity contribution is 5.73. The Labute approximate surface area is 324 Å². The molecule has 0 unspecified atom stereocenters. The number of amides is 4. The van der Waals surface area contributed by atoms with Crippen molar-refractivity contribution in [1.82, 2.24) is 29.4 Å². The minimum Gasteiger partial charge on any atom is -0.464 e. The molecule has 4 aliphatic heterocycles. The maximum Gasteiger partial charge on any atom is 0.410 e. The van der Waals surface area contributed by atoms with Crippen molar-refractivity contribution in [1.29, 1.82) is 0 Å². The van der Waals surface area contributed by atoms with E-state index in [1.54, 1.807) is 0 Å². The number of hydrogen-bond donors (Lipinski definition) is 0. The van der Waals surface area contributed by atoms with Crippen LogP contribution in [0.25, 0.3) is 0 Å². The van der Waals surface area contributed by atoms with Gasteiger partial charge in [-0.1, -0.05) is 0 Å². The van der Waals surface area contributed by atoms with Crippen LogP contribution in [-0.2, 0) is 57.1 Å². The number of rotatable bonds is 27. The van der Waals surface area contributed by atoms with Crippen LogP contribution in [0.3, 0.4) is 0 Å². The van der Waals surface area contributed by atoms with Crippen molar-refractivity contribution >= 4 is 48.3 Å². The standard InChI is InChI=1S/C34H52N6O16/c41-27(49-19-11-37-15-23-53-31(37)45)1-5-35(6-2-28(42)50-20-12-38-16-24-54-32(38)46)9-10-36(7-3-29(43)51-21-13-39-17-25-55-33(39)47)8-4-30(44)52-22-14-40-18-26-56-34(40)48/h1-26H2. The Morgan fingerprint density at radius 2 is 0.643 bits per heavy atom. The highest BCUT2D eigenvalue weighted by Gasteiger charge is 2.25. The summed E-state index contributed by atoms with van der Waals surface area (Å²) in [7, 11) is 0. The highest BCUT2D eigenvalue weighted by atomic mass is 16.6. The predicted molar refractivity (Wildman–Crippen MR) is 187 cm³/mol. The van der Waals surface area contributed by atoms with E-state index in [0.717, 1.165) is 0 Å². The van der Waals surface area contributed by atoms with E-state index in [4.69, 9.17) is 37.9 Å². The van der Waals surface area contributed by atoms with Gasteiger partial charge in [-0.2, -0.15) is 0 Å². The molecule has 4 heterocycles. The van der Waals surface area contributed by atoms with Gasteiger partial charge >= 0.3 is 48.3 Å². The summed E-state index contributed by atoms with van der Waals surface area (Å²) in [5.74, 6) is -2.02. The number of cyclic esters (lactones) is 4. The van der Waals surface area contributed by atoms with E-state index in [1.807, 2.05) is 9.80 Å². The molecular formula is C34H52N6O16. The van der Waals surface area contributed by atoms with Gasteiger partial charge in [0.1, 0.15) is 52.9 Å². The third-order valence-corrected chi connectivity index (χ3v) is 9.14. The van der Waals surface area contributed by atoms with Gasteiger partial charge in [-0.25, -0.2) is 19.2 Å². The second kappa shape index (κ2) is 23.7. The van der Waals surface area contributed by atoms with Crippen molar-refractivity contribution in [2.75, 3.05) is 144 Å². The number of esters is 4. The molecule has 0 aromatic heterocycles. The quantitative estimate of drug-likeness (QED) is 0.0726. The molecule has 4 saturated heterocycles. The summed E-state index contributed by atoms with van der Waals surface area (Å²) in [6.07, 6.45) is -1.95. The molecule has 0 aliphatic carbocycles. The molecule has 0 N–H and O–H groups in total. The number of hydrogen-bond acceptors (Lipinski definition) is 18. The lowest BCUT2D eigenvalue weighted by Gasteiger charge is -2.27. The third kappa shape index (κ3) is 15.9. The van der Waals surface area contributed by atoms with Crippen LogP contribution in [0, 0.1) is 0 Å². The van der Waals surface area contributed by atoms with Gasteiger partial charge in [0.15, 0.2) is 0 Å². The first-order chi connectivity index (χ1) is 27.1. The molecular weight excluding hydrogens is 748 g/mol. The largest absolute Gasteiger partial charge is 0.464 e. The van der Waals surface area contributed by atoms with Crippen molar-refractivity contribution in [3.05, 3.63) is 0 Å². The lowest BCUT2D eigenvalue weighted by atomic mass is 10.3. The molecule has 22 nitrogen and oxygen atoms in total. The topological polar surface area (TPSA) is 230 Å². The molecule has 0 bridgehead atoms. The monoisotopic (exact) mass is 800 g/mol. The molecule has 0 aromatic carbocycles. The minimum atomic E-state index is -0.505. The van der Waals surface area contributed by atoms with Crippen LogP contribution in [0.4, 0.5) is 19.2 Å². The van der Waals surface area contributed by atoms with Crippen LogP contribution in [-0.4, -0.2) is 222 Å². The van der Waals surface area contributed by atoms with E-state index in [0.29, 0.717) is 39.3 Å². The summed E-state index contributed by atoms with van der Waals surface area (Å²) in [5, 5.41) is 0. The summed E-state index contributed by atoms with van der Waals surface area (Å²) in [4.78, 5) is 107. The first-order valence-electron chi connectivity index (χ1n) is 18.8. The smallest absolute Gasteiger partial charge is 0.410 e. The van der Waals surface area contributed by atoms with Crippen molar-refractivity contribution in [3.63, 3.8) is 0 Å². The van der Waals surface area contributed by atoms with Crippen molar-refractivity contribution in [2.45, 2.75) is 25.7 Å². The number of nitrogens with zero attached hydrogens (tertiary/aromatic N) is 6. The van der Waals surface area contributed by atoms with Crippen LogP contribution < -0.4 is 0 Å². The summed E-state index contributed by atoms with van der Waals surface area (Å²) < 4.78 is 40.8. The van der Waals surface area contributed by atoms with Crippen LogP contribution in [0.1, 0.15) is 25.7 Å². The van der Waals surface area contributed by atoms with E-state index in [1.165, 1.54) is 19.6 Å². The van der Waals surface area contributed by atoms with Gasteiger partial charge in [-0.15, -0.1) is 0 Å². The molecule has 4 aliphatic rings. The van der Waals surface area contributed by atoms with Crippen molar-refractivity contribution in [2.24, 2.45) is 0 Å². The van der Waals surface area contributed by atoms with Gasteiger partial charge in [0.25, 0.3) is 0 Å². The number of ether oxygens (including phenoxy) is 8. The molecule has 0 saturated carbocycles. The Bertz CT molecular complexity index is 1170. The van der Waals surface area contributed by atoms with E-state index in [-0.39, 0.29) is 131 Å². The summed E-state index contributed by atoms with van der Waals surface area (Å²) in [5.41, 5.74) is 0. The molecule has 56 heavy (non-hydrogen) atoms. The van der Waals surface area contributed by atoms with Gasteiger partial charge in [-0.05, 0) is 0 Å². The second-order valence-corrected chi connectivity index (χ2v) is 13.0. The van der Waals surface area contributed by atoms with Crippen LogP contribution in [0.5, 0.6) is 0 Å². The summed E-state index contributed by atoms with van der Waals surface area (Å²) in [6.45, 7) is 5.00. The molecule has 0 radical (unpaired) electrons. The fourth-order valence-electron chi connectivity index (χ4n) is 5.83. The fraction of sp³-hybridized carbons (Fsp3) is 0.765. The number of carbonyl (C=O) groups excluding carboxylic acids is 8. The fourth-order valence-corrected chi connectivity index (χ4v) is 5.83. The Morgan fingerprint density at radius 3 is 0.839 bits per heavy atom. The average molecular weight is 801 g/mol. The number of carbonyl (C=O) groups is 8. The zero-order valence-electron chi connectivity index (χ0n) is 31.6. The van der Waals surface area contributed by atoms with Gasteiger partial charge in [0.05, 0.1) is 78.0 Å². The van der Waals surface area contributed by atoms with Gasteiger partial charge < -0.3 is 67.3 Å². The Kier molecular flexibility index (Phi) is 18.5. The minimum absolute atomic E-state index is 0.00493. The molecule has 0 spiro atoms. The van der Waals surface area contributed by atoms with E-state index in [9.17, 15) is 38.4 Å². The van der Waals surface area contributed by atoms with Crippen molar-refractivity contribution in [3.8, 4) is 0 Å². The van der Waals surface area contributed by atoms with Crippen LogP contribution in [0.2, 0.25) is 0 Å². The van der Waals surface area contributed by atoms with Gasteiger partial charge in [0.2, 0.25) is 0 Å². The van der Waals surface area contributed by atoms with E-state index < -0.39 is 48.3 Å². The normalized spacial score (nSPS) is 16.7. The lowest BCUT2D eigenvalue weighted by molar-refractivity contribution is -0.146. The first-order valence-corrected chi connectivity index (χ1v) is 18.8. The lowest BCUT2D eigenvalue weighted by Crippen LogP contribution is -2.39. The van der Waals surface area contributed by atoms with Crippen LogP contribution >= 0.6 is 0 Å². The zero-order valence-corrected chi connectivity index (χ0v) is 31.6. The molecule has 0 aromatic rings. The molecule has 4 fully saturated rings. The molecule has 4 amide bonds. The maximum atomic E-state index is 12.6. The van der Waals surface area contributed by atoms with Crippen LogP contribution in [0.15, 0.2) is 0 Å². The Hall–Kier alpha value is -5.12. The average Bonchev–Trinajstić information content (AvgIpc) is 3.99. The molecule has 314 valence electrons. The Morgan fingerprint density at radius 1 is 0.411 bits per heavy atom. The SMILES string of the molecule is O=C(CCN(CCC(=O)OCCN1CCOC1=O)CCN(CCC(=O)OCCN1CCOC1=O)CCC(=O)OCCN1CCOC1=O)OCCN1CCOC1=O. The first kappa shape index (κ1) is 43.6. The molecule has 22 heteroatoms. The zero-order chi connectivity index (χ0) is 40.1. The Balaban J connectivity index is 1.27. The maximum absolute atomic E-state index is 12.6. The second-order valence-electron chi connectivity index (χ2n) is 13.0. The van der Waals surface area contributed by atoms with E-state index in [2.05, 4.69) is 0 Å². The third-order valence-electron chi connectivity index (χ3n) is 9.14. The van der Waals surface area contributed by atoms with Crippen molar-refractivity contribution < 1.29 is 76.3 Å². The van der Waals surface area contributed by atoms with Gasteiger partial charge in [-0.3, -0.25) is 19.2 Å². The van der Waals surface area contributed by atoms with E-state index >= 15 is 0 Å². The summed E-state index contributed by atoms with van der Waals surface area (Å²) >= 11 is 0. The van der Waals surface area contributed by atoms with Gasteiger partial charge in [0, 0.05) is 39.3 Å². The molecule has 0 atom stereocenters. The highest BCUT2D eigenvalue weighted by Crippen LogP contribution is 2.08. The summed E-state index contributed by atoms with van der Waals surface area (Å²) in [6, 6.07) is 0.